The zero-order chi connectivity index (χ0) is 13.1. The monoisotopic (exact) mass is 259 g/mol. The number of piperidine rings is 1. The summed E-state index contributed by atoms with van der Waals surface area (Å²) in [4.78, 5) is 7.16. The van der Waals surface area contributed by atoms with Gasteiger partial charge in [-0.05, 0) is 37.4 Å². The highest BCUT2D eigenvalue weighted by molar-refractivity contribution is 5.39. The molecule has 1 saturated heterocycles. The summed E-state index contributed by atoms with van der Waals surface area (Å²) in [5, 5.41) is 0. The topological polar surface area (TPSA) is 29.8 Å². The third-order valence-corrected chi connectivity index (χ3v) is 3.80. The lowest BCUT2D eigenvalue weighted by molar-refractivity contribution is 0.0869. The molecule has 2 aromatic rings. The highest BCUT2D eigenvalue weighted by Crippen LogP contribution is 2.18. The minimum absolute atomic E-state index is 0.677. The van der Waals surface area contributed by atoms with Crippen LogP contribution >= 0.6 is 0 Å². The number of imidazole rings is 1. The van der Waals surface area contributed by atoms with Crippen molar-refractivity contribution in [3.8, 4) is 0 Å². The van der Waals surface area contributed by atoms with Crippen LogP contribution in [0.15, 0.2) is 30.6 Å². The summed E-state index contributed by atoms with van der Waals surface area (Å²) in [6.45, 7) is 4.12. The predicted octanol–water partition coefficient (Wildman–Crippen LogP) is 2.19. The molecule has 1 aliphatic rings. The summed E-state index contributed by atoms with van der Waals surface area (Å²) < 4.78 is 7.37. The van der Waals surface area contributed by atoms with E-state index in [1.54, 1.807) is 7.11 Å². The number of nitrogens with zero attached hydrogens (tertiary/aromatic N) is 3. The second-order valence-corrected chi connectivity index (χ2v) is 5.40. The van der Waals surface area contributed by atoms with Gasteiger partial charge in [-0.2, -0.15) is 0 Å². The lowest BCUT2D eigenvalue weighted by Gasteiger charge is -2.31. The smallest absolute Gasteiger partial charge is 0.137 e. The Kier molecular flexibility index (Phi) is 3.80. The van der Waals surface area contributed by atoms with Gasteiger partial charge in [0, 0.05) is 32.6 Å². The Morgan fingerprint density at radius 1 is 1.42 bits per heavy atom. The average Bonchev–Trinajstić information content (AvgIpc) is 2.81. The van der Waals surface area contributed by atoms with Crippen LogP contribution in [0.25, 0.3) is 5.65 Å². The molecule has 0 amide bonds. The van der Waals surface area contributed by atoms with Crippen molar-refractivity contribution in [3.05, 3.63) is 36.3 Å². The van der Waals surface area contributed by atoms with Crippen LogP contribution in [0.2, 0.25) is 0 Å². The van der Waals surface area contributed by atoms with Crippen molar-refractivity contribution in [2.75, 3.05) is 26.8 Å². The maximum absolute atomic E-state index is 5.28. The molecular formula is C15H21N3O. The van der Waals surface area contributed by atoms with E-state index in [2.05, 4.69) is 26.7 Å². The van der Waals surface area contributed by atoms with Gasteiger partial charge in [0.25, 0.3) is 0 Å². The molecule has 3 rings (SSSR count). The zero-order valence-electron chi connectivity index (χ0n) is 11.5. The van der Waals surface area contributed by atoms with Crippen molar-refractivity contribution in [2.24, 2.45) is 5.92 Å². The van der Waals surface area contributed by atoms with E-state index in [1.165, 1.54) is 19.4 Å². The van der Waals surface area contributed by atoms with Crippen molar-refractivity contribution in [3.63, 3.8) is 0 Å². The first-order valence-electron chi connectivity index (χ1n) is 6.99. The molecule has 0 aliphatic carbocycles. The lowest BCUT2D eigenvalue weighted by atomic mass is 9.99. The molecule has 0 bridgehead atoms. The second-order valence-electron chi connectivity index (χ2n) is 5.40. The summed E-state index contributed by atoms with van der Waals surface area (Å²) in [5.74, 6) is 0.677. The van der Waals surface area contributed by atoms with Crippen LogP contribution in [-0.4, -0.2) is 41.1 Å². The fourth-order valence-corrected chi connectivity index (χ4v) is 2.96. The van der Waals surface area contributed by atoms with Crippen molar-refractivity contribution in [2.45, 2.75) is 19.4 Å². The predicted molar refractivity (Wildman–Crippen MR) is 75.1 cm³/mol. The standard InChI is InChI=1S/C15H21N3O/c1-19-12-13-5-4-7-17(9-13)10-14-11-18-8-3-2-6-15(18)16-14/h2-3,6,8,11,13H,4-5,7,9-10,12H2,1H3. The maximum Gasteiger partial charge on any atom is 0.137 e. The van der Waals surface area contributed by atoms with Crippen LogP contribution < -0.4 is 0 Å². The highest BCUT2D eigenvalue weighted by atomic mass is 16.5. The Morgan fingerprint density at radius 3 is 3.21 bits per heavy atom. The van der Waals surface area contributed by atoms with Gasteiger partial charge in [0.1, 0.15) is 5.65 Å². The first-order valence-corrected chi connectivity index (χ1v) is 6.99. The number of likely N-dealkylation sites (tertiary alicyclic amines) is 1. The largest absolute Gasteiger partial charge is 0.384 e. The molecule has 1 atom stereocenters. The number of pyridine rings is 1. The molecule has 0 saturated carbocycles. The van der Waals surface area contributed by atoms with Gasteiger partial charge >= 0.3 is 0 Å². The number of aromatic nitrogens is 2. The average molecular weight is 259 g/mol. The molecule has 0 N–H and O–H groups in total. The third-order valence-electron chi connectivity index (χ3n) is 3.80. The molecular weight excluding hydrogens is 238 g/mol. The van der Waals surface area contributed by atoms with E-state index < -0.39 is 0 Å². The highest BCUT2D eigenvalue weighted by Gasteiger charge is 2.20. The van der Waals surface area contributed by atoms with Gasteiger partial charge in [-0.25, -0.2) is 4.98 Å². The number of rotatable bonds is 4. The molecule has 1 fully saturated rings. The van der Waals surface area contributed by atoms with E-state index in [-0.39, 0.29) is 0 Å². The SMILES string of the molecule is COCC1CCCN(Cc2cn3ccccc3n2)C1. The van der Waals surface area contributed by atoms with Crippen LogP contribution in [-0.2, 0) is 11.3 Å². The molecule has 3 heterocycles. The van der Waals surface area contributed by atoms with E-state index >= 15 is 0 Å². The molecule has 0 aromatic carbocycles. The Balaban J connectivity index is 1.67. The van der Waals surface area contributed by atoms with Gasteiger partial charge < -0.3 is 9.14 Å². The van der Waals surface area contributed by atoms with Gasteiger partial charge in [-0.1, -0.05) is 6.07 Å². The molecule has 4 nitrogen and oxygen atoms in total. The number of ether oxygens (including phenoxy) is 1. The minimum Gasteiger partial charge on any atom is -0.384 e. The first-order chi connectivity index (χ1) is 9.35. The summed E-state index contributed by atoms with van der Waals surface area (Å²) in [5.41, 5.74) is 2.19. The van der Waals surface area contributed by atoms with Crippen molar-refractivity contribution in [1.82, 2.24) is 14.3 Å². The van der Waals surface area contributed by atoms with E-state index in [9.17, 15) is 0 Å². The van der Waals surface area contributed by atoms with Crippen LogP contribution in [0.4, 0.5) is 0 Å². The van der Waals surface area contributed by atoms with E-state index in [1.807, 2.05) is 18.2 Å². The van der Waals surface area contributed by atoms with Crippen molar-refractivity contribution >= 4 is 5.65 Å². The molecule has 1 unspecified atom stereocenters. The molecule has 2 aromatic heterocycles. The van der Waals surface area contributed by atoms with E-state index in [0.29, 0.717) is 5.92 Å². The lowest BCUT2D eigenvalue weighted by Crippen LogP contribution is -2.36. The Morgan fingerprint density at radius 2 is 2.37 bits per heavy atom. The zero-order valence-corrected chi connectivity index (χ0v) is 11.5. The van der Waals surface area contributed by atoms with Crippen LogP contribution in [0, 0.1) is 5.92 Å². The first kappa shape index (κ1) is 12.6. The van der Waals surface area contributed by atoms with Gasteiger partial charge in [-0.15, -0.1) is 0 Å². The second kappa shape index (κ2) is 5.72. The fourth-order valence-electron chi connectivity index (χ4n) is 2.96. The fraction of sp³-hybridized carbons (Fsp3) is 0.533. The Bertz CT molecular complexity index is 502. The summed E-state index contributed by atoms with van der Waals surface area (Å²) in [7, 11) is 1.79. The van der Waals surface area contributed by atoms with Crippen LogP contribution in [0.1, 0.15) is 18.5 Å². The number of methoxy groups -OCH3 is 1. The molecule has 1 aliphatic heterocycles. The van der Waals surface area contributed by atoms with E-state index in [4.69, 9.17) is 4.74 Å². The quantitative estimate of drug-likeness (QED) is 0.843. The minimum atomic E-state index is 0.677. The van der Waals surface area contributed by atoms with Gasteiger partial charge in [0.05, 0.1) is 12.3 Å². The van der Waals surface area contributed by atoms with Gasteiger partial charge in [-0.3, -0.25) is 4.90 Å². The number of hydrogen-bond donors (Lipinski definition) is 0. The maximum atomic E-state index is 5.28. The number of hydrogen-bond acceptors (Lipinski definition) is 3. The van der Waals surface area contributed by atoms with Crippen molar-refractivity contribution < 1.29 is 4.74 Å². The van der Waals surface area contributed by atoms with Crippen LogP contribution in [0.3, 0.4) is 0 Å². The normalized spacial score (nSPS) is 21.0. The van der Waals surface area contributed by atoms with Crippen molar-refractivity contribution in [1.29, 1.82) is 0 Å². The molecule has 0 spiro atoms. The molecule has 4 heteroatoms. The number of fused-ring (bicyclic) bond motifs is 1. The van der Waals surface area contributed by atoms with E-state index in [0.717, 1.165) is 31.0 Å². The molecule has 102 valence electrons. The van der Waals surface area contributed by atoms with Crippen LogP contribution in [0.5, 0.6) is 0 Å². The Labute approximate surface area is 114 Å². The summed E-state index contributed by atoms with van der Waals surface area (Å²) in [6, 6.07) is 6.11. The molecule has 19 heavy (non-hydrogen) atoms. The summed E-state index contributed by atoms with van der Waals surface area (Å²) in [6.07, 6.45) is 6.74. The summed E-state index contributed by atoms with van der Waals surface area (Å²) >= 11 is 0. The molecule has 0 radical (unpaired) electrons. The Hall–Kier alpha value is -1.39. The van der Waals surface area contributed by atoms with Gasteiger partial charge in [0.15, 0.2) is 0 Å². The third kappa shape index (κ3) is 2.96. The van der Waals surface area contributed by atoms with Gasteiger partial charge in [0.2, 0.25) is 0 Å².